The summed E-state index contributed by atoms with van der Waals surface area (Å²) in [6.07, 6.45) is -3.50. The summed E-state index contributed by atoms with van der Waals surface area (Å²) in [6, 6.07) is 2.55. The summed E-state index contributed by atoms with van der Waals surface area (Å²) in [4.78, 5) is 12.0. The number of ether oxygens (including phenoxy) is 1. The van der Waals surface area contributed by atoms with Crippen LogP contribution < -0.4 is 15.4 Å². The molecule has 0 saturated carbocycles. The third kappa shape index (κ3) is 5.79. The summed E-state index contributed by atoms with van der Waals surface area (Å²) >= 11 is 0. The third-order valence-electron chi connectivity index (χ3n) is 3.81. The van der Waals surface area contributed by atoms with E-state index in [-0.39, 0.29) is 29.5 Å². The van der Waals surface area contributed by atoms with Crippen molar-refractivity contribution in [2.75, 3.05) is 30.0 Å². The Morgan fingerprint density at radius 3 is 2.65 bits per heavy atom. The molecule has 10 heteroatoms. The van der Waals surface area contributed by atoms with Gasteiger partial charge in [-0.05, 0) is 31.0 Å². The number of halogens is 3. The van der Waals surface area contributed by atoms with E-state index in [0.29, 0.717) is 19.4 Å². The summed E-state index contributed by atoms with van der Waals surface area (Å²) in [7, 11) is -3.13. The van der Waals surface area contributed by atoms with Gasteiger partial charge in [-0.25, -0.2) is 8.42 Å². The molecule has 0 spiro atoms. The second-order valence-corrected chi connectivity index (χ2v) is 8.31. The van der Waals surface area contributed by atoms with Crippen molar-refractivity contribution < 1.29 is 31.1 Å². The monoisotopic (exact) mass is 394 g/mol. The molecule has 1 saturated heterocycles. The summed E-state index contributed by atoms with van der Waals surface area (Å²) < 4.78 is 66.8. The molecule has 0 unspecified atom stereocenters. The summed E-state index contributed by atoms with van der Waals surface area (Å²) in [5.74, 6) is -0.372. The number of rotatable bonds is 7. The van der Waals surface area contributed by atoms with E-state index in [1.165, 1.54) is 6.07 Å². The lowest BCUT2D eigenvalue weighted by molar-refractivity contribution is -0.137. The van der Waals surface area contributed by atoms with Crippen molar-refractivity contribution >= 4 is 21.4 Å². The molecule has 146 valence electrons. The SMILES string of the molecule is CCCOc1ccc(C(F)(F)F)cc1NCC(=O)N[C@H]1CCS(=O)(=O)C1. The first-order chi connectivity index (χ1) is 12.1. The minimum Gasteiger partial charge on any atom is -0.491 e. The summed E-state index contributed by atoms with van der Waals surface area (Å²) in [5.41, 5.74) is -0.798. The number of hydrogen-bond acceptors (Lipinski definition) is 5. The molecule has 1 aliphatic heterocycles. The van der Waals surface area contributed by atoms with Gasteiger partial charge in [-0.2, -0.15) is 13.2 Å². The number of sulfone groups is 1. The molecule has 1 aromatic carbocycles. The van der Waals surface area contributed by atoms with Gasteiger partial charge >= 0.3 is 6.18 Å². The Morgan fingerprint density at radius 1 is 1.35 bits per heavy atom. The van der Waals surface area contributed by atoms with Crippen LogP contribution in [0.3, 0.4) is 0 Å². The highest BCUT2D eigenvalue weighted by molar-refractivity contribution is 7.91. The lowest BCUT2D eigenvalue weighted by Crippen LogP contribution is -2.39. The number of carbonyl (C=O) groups is 1. The fourth-order valence-electron chi connectivity index (χ4n) is 2.55. The van der Waals surface area contributed by atoms with Crippen LogP contribution in [0.5, 0.6) is 5.75 Å². The molecular formula is C16H21F3N2O4S. The van der Waals surface area contributed by atoms with Crippen molar-refractivity contribution in [3.05, 3.63) is 23.8 Å². The number of carbonyl (C=O) groups excluding carboxylic acids is 1. The lowest BCUT2D eigenvalue weighted by atomic mass is 10.1. The smallest absolute Gasteiger partial charge is 0.416 e. The van der Waals surface area contributed by atoms with Crippen LogP contribution in [0.1, 0.15) is 25.3 Å². The average molecular weight is 394 g/mol. The second-order valence-electron chi connectivity index (χ2n) is 6.08. The zero-order chi connectivity index (χ0) is 19.4. The molecule has 1 aliphatic rings. The Hall–Kier alpha value is -1.97. The maximum Gasteiger partial charge on any atom is 0.416 e. The first kappa shape index (κ1) is 20.3. The molecule has 1 heterocycles. The standard InChI is InChI=1S/C16H21F3N2O4S/c1-2-6-25-14-4-3-11(16(17,18)19)8-13(14)20-9-15(22)21-12-5-7-26(23,24)10-12/h3-4,8,12,20H,2,5-7,9-10H2,1H3,(H,21,22)/t12-/m0/s1. The summed E-state index contributed by atoms with van der Waals surface area (Å²) in [6.45, 7) is 1.90. The van der Waals surface area contributed by atoms with Crippen molar-refractivity contribution in [2.45, 2.75) is 32.0 Å². The maximum absolute atomic E-state index is 12.9. The van der Waals surface area contributed by atoms with Crippen molar-refractivity contribution in [3.63, 3.8) is 0 Å². The van der Waals surface area contributed by atoms with Gasteiger partial charge in [-0.15, -0.1) is 0 Å². The zero-order valence-corrected chi connectivity index (χ0v) is 15.0. The number of amides is 1. The Bertz CT molecular complexity index is 750. The molecule has 2 rings (SSSR count). The fourth-order valence-corrected chi connectivity index (χ4v) is 4.22. The largest absolute Gasteiger partial charge is 0.491 e. The highest BCUT2D eigenvalue weighted by atomic mass is 32.2. The highest BCUT2D eigenvalue weighted by Gasteiger charge is 2.31. The van der Waals surface area contributed by atoms with E-state index < -0.39 is 33.5 Å². The van der Waals surface area contributed by atoms with Crippen LogP contribution in [0.4, 0.5) is 18.9 Å². The quantitative estimate of drug-likeness (QED) is 0.741. The van der Waals surface area contributed by atoms with Crippen molar-refractivity contribution in [1.82, 2.24) is 5.32 Å². The first-order valence-electron chi connectivity index (χ1n) is 8.18. The van der Waals surface area contributed by atoms with Gasteiger partial charge in [0.2, 0.25) is 5.91 Å². The molecule has 6 nitrogen and oxygen atoms in total. The van der Waals surface area contributed by atoms with E-state index in [4.69, 9.17) is 4.74 Å². The number of anilines is 1. The molecule has 0 aromatic heterocycles. The van der Waals surface area contributed by atoms with Crippen molar-refractivity contribution in [3.8, 4) is 5.75 Å². The van der Waals surface area contributed by atoms with E-state index in [2.05, 4.69) is 10.6 Å². The molecule has 1 amide bonds. The minimum atomic E-state index is -4.51. The van der Waals surface area contributed by atoms with Gasteiger partial charge in [0.1, 0.15) is 5.75 Å². The predicted molar refractivity (Wildman–Crippen MR) is 90.9 cm³/mol. The lowest BCUT2D eigenvalue weighted by Gasteiger charge is -2.16. The van der Waals surface area contributed by atoms with E-state index in [1.54, 1.807) is 0 Å². The molecular weight excluding hydrogens is 373 g/mol. The van der Waals surface area contributed by atoms with Gasteiger partial charge in [-0.1, -0.05) is 6.92 Å². The number of benzene rings is 1. The Morgan fingerprint density at radius 2 is 2.08 bits per heavy atom. The van der Waals surface area contributed by atoms with Crippen molar-refractivity contribution in [2.24, 2.45) is 0 Å². The molecule has 1 atom stereocenters. The Labute approximate surface area is 150 Å². The Balaban J connectivity index is 2.02. The van der Waals surface area contributed by atoms with Crippen molar-refractivity contribution in [1.29, 1.82) is 0 Å². The van der Waals surface area contributed by atoms with E-state index in [0.717, 1.165) is 12.1 Å². The maximum atomic E-state index is 12.9. The van der Waals surface area contributed by atoms with Gasteiger partial charge in [0.25, 0.3) is 0 Å². The topological polar surface area (TPSA) is 84.5 Å². The fraction of sp³-hybridized carbons (Fsp3) is 0.562. The molecule has 0 bridgehead atoms. The molecule has 1 fully saturated rings. The van der Waals surface area contributed by atoms with Gasteiger partial charge in [0, 0.05) is 6.04 Å². The minimum absolute atomic E-state index is 0.0218. The van der Waals surface area contributed by atoms with E-state index in [1.807, 2.05) is 6.92 Å². The van der Waals surface area contributed by atoms with E-state index in [9.17, 15) is 26.4 Å². The normalized spacial score (nSPS) is 19.2. The second kappa shape index (κ2) is 8.15. The van der Waals surface area contributed by atoms with Crippen LogP contribution in [0.2, 0.25) is 0 Å². The van der Waals surface area contributed by atoms with Crippen LogP contribution >= 0.6 is 0 Å². The highest BCUT2D eigenvalue weighted by Crippen LogP contribution is 2.35. The molecule has 1 aromatic rings. The molecule has 2 N–H and O–H groups in total. The zero-order valence-electron chi connectivity index (χ0n) is 14.2. The van der Waals surface area contributed by atoms with Gasteiger partial charge in [-0.3, -0.25) is 4.79 Å². The first-order valence-corrected chi connectivity index (χ1v) is 10.0. The van der Waals surface area contributed by atoms with Crippen LogP contribution in [0, 0.1) is 0 Å². The third-order valence-corrected chi connectivity index (χ3v) is 5.57. The predicted octanol–water partition coefficient (Wildman–Crippen LogP) is 2.21. The molecule has 0 aliphatic carbocycles. The molecule has 0 radical (unpaired) electrons. The molecule has 26 heavy (non-hydrogen) atoms. The number of nitrogens with one attached hydrogen (secondary N) is 2. The van der Waals surface area contributed by atoms with Gasteiger partial charge in [0.15, 0.2) is 9.84 Å². The average Bonchev–Trinajstić information content (AvgIpc) is 2.89. The van der Waals surface area contributed by atoms with Crippen LogP contribution in [0.15, 0.2) is 18.2 Å². The van der Waals surface area contributed by atoms with Gasteiger partial charge in [0.05, 0.1) is 35.9 Å². The van der Waals surface area contributed by atoms with Crippen LogP contribution in [0.25, 0.3) is 0 Å². The number of hydrogen-bond donors (Lipinski definition) is 2. The van der Waals surface area contributed by atoms with Crippen LogP contribution in [-0.4, -0.2) is 45.0 Å². The summed E-state index contributed by atoms with van der Waals surface area (Å²) in [5, 5.41) is 5.21. The van der Waals surface area contributed by atoms with Crippen LogP contribution in [-0.2, 0) is 20.8 Å². The number of alkyl halides is 3. The van der Waals surface area contributed by atoms with E-state index >= 15 is 0 Å². The Kier molecular flexibility index (Phi) is 6.38. The van der Waals surface area contributed by atoms with Gasteiger partial charge < -0.3 is 15.4 Å².